The zero-order valence-electron chi connectivity index (χ0n) is 24.0. The summed E-state index contributed by atoms with van der Waals surface area (Å²) < 4.78 is 8.47. The minimum Gasteiger partial charge on any atom is -0.393 e. The Morgan fingerprint density at radius 2 is 1.20 bits per heavy atom. The highest BCUT2D eigenvalue weighted by Crippen LogP contribution is 2.06. The van der Waals surface area contributed by atoms with E-state index in [4.69, 9.17) is 0 Å². The molecule has 1 N–H and O–H groups in total. The first-order chi connectivity index (χ1) is 18.9. The van der Waals surface area contributed by atoms with Crippen LogP contribution >= 0.6 is 0 Å². The quantitative estimate of drug-likeness (QED) is 0.270. The van der Waals surface area contributed by atoms with Crippen LogP contribution in [0.25, 0.3) is 22.3 Å². The third-order valence-corrected chi connectivity index (χ3v) is 6.82. The SMILES string of the molecule is CC(=O)CCCCn1c(=O)c2c(ncn2C)n(C)c1=O.CC(O)CCCCn1c(=O)c2c(ncn2C)n(C)c1=O. The highest BCUT2D eigenvalue weighted by atomic mass is 16.3. The summed E-state index contributed by atoms with van der Waals surface area (Å²) in [6.45, 7) is 3.94. The van der Waals surface area contributed by atoms with Gasteiger partial charge in [0.2, 0.25) is 0 Å². The van der Waals surface area contributed by atoms with Gasteiger partial charge < -0.3 is 19.0 Å². The Morgan fingerprint density at radius 3 is 1.60 bits per heavy atom. The predicted octanol–water partition coefficient (Wildman–Crippen LogP) is 0.178. The molecule has 0 bridgehead atoms. The summed E-state index contributed by atoms with van der Waals surface area (Å²) in [5.74, 6) is 0.118. The van der Waals surface area contributed by atoms with Gasteiger partial charge in [-0.15, -0.1) is 0 Å². The van der Waals surface area contributed by atoms with Crippen LogP contribution in [0.2, 0.25) is 0 Å². The Kier molecular flexibility index (Phi) is 9.79. The number of rotatable bonds is 10. The van der Waals surface area contributed by atoms with Crippen molar-refractivity contribution in [3.63, 3.8) is 0 Å². The standard InChI is InChI=1S/C13H20N4O3.C13H18N4O3/c2*1-9(18)6-4-5-7-17-12(19)10-11(14-8-15(10)2)16(3)13(17)20/h8-9,18H,4-7H2,1-3H3;8H,4-7H2,1-3H3. The van der Waals surface area contributed by atoms with Crippen molar-refractivity contribution in [3.05, 3.63) is 54.3 Å². The highest BCUT2D eigenvalue weighted by Gasteiger charge is 2.15. The van der Waals surface area contributed by atoms with Crippen LogP contribution in [0.3, 0.4) is 0 Å². The van der Waals surface area contributed by atoms with Crippen molar-refractivity contribution in [2.24, 2.45) is 28.2 Å². The fourth-order valence-electron chi connectivity index (χ4n) is 4.54. The largest absolute Gasteiger partial charge is 0.393 e. The van der Waals surface area contributed by atoms with E-state index < -0.39 is 0 Å². The van der Waals surface area contributed by atoms with Crippen molar-refractivity contribution in [1.82, 2.24) is 37.4 Å². The summed E-state index contributed by atoms with van der Waals surface area (Å²) in [6, 6.07) is 0. The van der Waals surface area contributed by atoms with Gasteiger partial charge in [0.05, 0.1) is 18.8 Å². The maximum absolute atomic E-state index is 12.4. The molecule has 0 aromatic carbocycles. The van der Waals surface area contributed by atoms with E-state index in [0.717, 1.165) is 6.42 Å². The number of imidazole rings is 2. The molecule has 1 unspecified atom stereocenters. The number of aliphatic hydroxyl groups excluding tert-OH is 1. The van der Waals surface area contributed by atoms with Gasteiger partial charge in [0, 0.05) is 47.7 Å². The summed E-state index contributed by atoms with van der Waals surface area (Å²) in [4.78, 5) is 68.0. The summed E-state index contributed by atoms with van der Waals surface area (Å²) in [7, 11) is 6.67. The van der Waals surface area contributed by atoms with Crippen molar-refractivity contribution in [2.45, 2.75) is 71.6 Å². The van der Waals surface area contributed by atoms with Gasteiger partial charge in [-0.3, -0.25) is 27.9 Å². The van der Waals surface area contributed by atoms with Gasteiger partial charge in [-0.2, -0.15) is 0 Å². The number of aryl methyl sites for hydroxylation is 4. The van der Waals surface area contributed by atoms with Crippen LogP contribution in [-0.2, 0) is 46.1 Å². The van der Waals surface area contributed by atoms with Gasteiger partial charge in [-0.05, 0) is 46.0 Å². The molecule has 0 amide bonds. The average molecular weight is 559 g/mol. The van der Waals surface area contributed by atoms with Crippen LogP contribution < -0.4 is 22.5 Å². The third kappa shape index (κ3) is 6.38. The number of ketones is 1. The van der Waals surface area contributed by atoms with Crippen molar-refractivity contribution in [3.8, 4) is 0 Å². The smallest absolute Gasteiger partial charge is 0.332 e. The number of aliphatic hydroxyl groups is 1. The minimum atomic E-state index is -0.371. The Labute approximate surface area is 229 Å². The fraction of sp³-hybridized carbons (Fsp3) is 0.577. The molecule has 0 radical (unpaired) electrons. The monoisotopic (exact) mass is 558 g/mol. The number of aromatic nitrogens is 8. The Bertz CT molecular complexity index is 1750. The minimum absolute atomic E-state index is 0.118. The van der Waals surface area contributed by atoms with Crippen LogP contribution in [0.1, 0.15) is 52.4 Å². The summed E-state index contributed by atoms with van der Waals surface area (Å²) in [5.41, 5.74) is 0.292. The molecule has 218 valence electrons. The van der Waals surface area contributed by atoms with Crippen molar-refractivity contribution >= 4 is 28.1 Å². The fourth-order valence-corrected chi connectivity index (χ4v) is 4.54. The van der Waals surface area contributed by atoms with Gasteiger partial charge in [0.25, 0.3) is 11.1 Å². The number of hydrogen-bond donors (Lipinski definition) is 1. The second kappa shape index (κ2) is 12.9. The molecule has 40 heavy (non-hydrogen) atoms. The number of unbranched alkanes of at least 4 members (excludes halogenated alkanes) is 2. The molecule has 0 aliphatic rings. The Hall–Kier alpha value is -4.07. The first-order valence-corrected chi connectivity index (χ1v) is 13.3. The predicted molar refractivity (Wildman–Crippen MR) is 150 cm³/mol. The second-order valence-corrected chi connectivity index (χ2v) is 10.2. The van der Waals surface area contributed by atoms with E-state index >= 15 is 0 Å². The van der Waals surface area contributed by atoms with E-state index in [1.54, 1.807) is 44.2 Å². The molecule has 0 saturated heterocycles. The van der Waals surface area contributed by atoms with Crippen LogP contribution in [0.5, 0.6) is 0 Å². The van der Waals surface area contributed by atoms with Crippen molar-refractivity contribution < 1.29 is 9.90 Å². The number of fused-ring (bicyclic) bond motifs is 2. The second-order valence-electron chi connectivity index (χ2n) is 10.2. The number of hydrogen-bond acceptors (Lipinski definition) is 8. The van der Waals surface area contributed by atoms with Crippen LogP contribution in [-0.4, -0.2) is 54.4 Å². The van der Waals surface area contributed by atoms with Gasteiger partial charge in [0.15, 0.2) is 22.3 Å². The molecule has 14 heteroatoms. The molecule has 4 rings (SSSR count). The lowest BCUT2D eigenvalue weighted by molar-refractivity contribution is -0.117. The molecule has 4 aromatic rings. The molecule has 0 saturated carbocycles. The molecule has 0 fully saturated rings. The number of carbonyl (C=O) groups excluding carboxylic acids is 1. The first-order valence-electron chi connectivity index (χ1n) is 13.3. The molecular formula is C26H38N8O6. The van der Waals surface area contributed by atoms with E-state index in [1.807, 2.05) is 0 Å². The normalized spacial score (nSPS) is 12.1. The summed E-state index contributed by atoms with van der Waals surface area (Å²) >= 11 is 0. The topological polar surface area (TPSA) is 161 Å². The first kappa shape index (κ1) is 30.5. The molecule has 0 aliphatic heterocycles. The van der Waals surface area contributed by atoms with E-state index in [9.17, 15) is 29.1 Å². The van der Waals surface area contributed by atoms with Crippen LogP contribution in [0, 0.1) is 0 Å². The van der Waals surface area contributed by atoms with Crippen molar-refractivity contribution in [1.29, 1.82) is 0 Å². The molecule has 4 heterocycles. The van der Waals surface area contributed by atoms with E-state index in [1.165, 1.54) is 37.8 Å². The van der Waals surface area contributed by atoms with Gasteiger partial charge >= 0.3 is 11.4 Å². The lowest BCUT2D eigenvalue weighted by Gasteiger charge is -2.09. The number of Topliss-reactive ketones (excluding diaryl/α,β-unsaturated/α-hetero) is 1. The van der Waals surface area contributed by atoms with Crippen LogP contribution in [0.15, 0.2) is 31.8 Å². The lowest BCUT2D eigenvalue weighted by Crippen LogP contribution is -2.39. The molecule has 0 spiro atoms. The average Bonchev–Trinajstić information content (AvgIpc) is 3.48. The summed E-state index contributed by atoms with van der Waals surface area (Å²) in [5, 5.41) is 9.21. The number of nitrogens with zero attached hydrogens (tertiary/aromatic N) is 8. The lowest BCUT2D eigenvalue weighted by atomic mass is 10.2. The third-order valence-electron chi connectivity index (χ3n) is 6.82. The van der Waals surface area contributed by atoms with Crippen molar-refractivity contribution in [2.75, 3.05) is 0 Å². The molecule has 14 nitrogen and oxygen atoms in total. The maximum Gasteiger partial charge on any atom is 0.332 e. The Morgan fingerprint density at radius 1 is 0.775 bits per heavy atom. The van der Waals surface area contributed by atoms with Gasteiger partial charge in [-0.1, -0.05) is 0 Å². The molecule has 0 aliphatic carbocycles. The summed E-state index contributed by atoms with van der Waals surface area (Å²) in [6.07, 6.45) is 6.60. The maximum atomic E-state index is 12.4. The van der Waals surface area contributed by atoms with E-state index in [0.29, 0.717) is 67.5 Å². The number of carbonyl (C=O) groups is 1. The highest BCUT2D eigenvalue weighted by molar-refractivity contribution is 5.75. The molecular weight excluding hydrogens is 520 g/mol. The van der Waals surface area contributed by atoms with Crippen LogP contribution in [0.4, 0.5) is 0 Å². The Balaban J connectivity index is 0.000000220. The van der Waals surface area contributed by atoms with E-state index in [-0.39, 0.29) is 34.4 Å². The molecule has 4 aromatic heterocycles. The zero-order chi connectivity index (χ0) is 29.7. The zero-order valence-corrected chi connectivity index (χ0v) is 24.0. The molecule has 1 atom stereocenters. The van der Waals surface area contributed by atoms with Gasteiger partial charge in [0.1, 0.15) is 5.78 Å². The van der Waals surface area contributed by atoms with E-state index in [2.05, 4.69) is 9.97 Å². The van der Waals surface area contributed by atoms with Gasteiger partial charge in [-0.25, -0.2) is 19.6 Å².